The first-order valence-corrected chi connectivity index (χ1v) is 8.57. The number of furan rings is 1. The third-order valence-electron chi connectivity index (χ3n) is 4.15. The minimum absolute atomic E-state index is 0.393. The fraction of sp³-hybridized carbons (Fsp3) is 0.278. The van der Waals surface area contributed by atoms with Crippen molar-refractivity contribution in [1.82, 2.24) is 10.3 Å². The van der Waals surface area contributed by atoms with Gasteiger partial charge < -0.3 is 9.73 Å². The van der Waals surface area contributed by atoms with E-state index >= 15 is 0 Å². The Balaban J connectivity index is 1.44. The lowest BCUT2D eigenvalue weighted by Crippen LogP contribution is -2.24. The minimum atomic E-state index is 0.393. The molecule has 4 rings (SSSR count). The highest BCUT2D eigenvalue weighted by molar-refractivity contribution is 7.13. The first-order chi connectivity index (χ1) is 10.9. The summed E-state index contributed by atoms with van der Waals surface area (Å²) in [5.74, 6) is 1.15. The number of rotatable bonds is 4. The van der Waals surface area contributed by atoms with Crippen LogP contribution in [0.2, 0.25) is 0 Å². The van der Waals surface area contributed by atoms with Crippen LogP contribution in [0.5, 0.6) is 0 Å². The number of hydrogen-bond donors (Lipinski definition) is 1. The molecule has 2 heterocycles. The summed E-state index contributed by atoms with van der Waals surface area (Å²) in [6.07, 6.45) is 5.23. The number of nitrogens with zero attached hydrogens (tertiary/aromatic N) is 1. The molecule has 112 valence electrons. The molecule has 2 aromatic heterocycles. The average molecular weight is 310 g/mol. The van der Waals surface area contributed by atoms with E-state index in [-0.39, 0.29) is 0 Å². The fourth-order valence-electron chi connectivity index (χ4n) is 3.03. The molecule has 0 saturated carbocycles. The second-order valence-electron chi connectivity index (χ2n) is 5.63. The number of fused-ring (bicyclic) bond motifs is 1. The van der Waals surface area contributed by atoms with Gasteiger partial charge in [-0.3, -0.25) is 0 Å². The number of nitrogens with one attached hydrogen (secondary N) is 1. The molecule has 0 spiro atoms. The molecule has 0 saturated heterocycles. The van der Waals surface area contributed by atoms with Crippen molar-refractivity contribution in [3.8, 4) is 10.6 Å². The second kappa shape index (κ2) is 6.07. The molecule has 1 aromatic carbocycles. The molecular weight excluding hydrogens is 292 g/mol. The van der Waals surface area contributed by atoms with E-state index in [0.29, 0.717) is 6.04 Å². The topological polar surface area (TPSA) is 38.1 Å². The Morgan fingerprint density at radius 1 is 1.23 bits per heavy atom. The van der Waals surface area contributed by atoms with Gasteiger partial charge in [0.1, 0.15) is 10.8 Å². The van der Waals surface area contributed by atoms with Gasteiger partial charge in [-0.15, -0.1) is 11.3 Å². The summed E-state index contributed by atoms with van der Waals surface area (Å²) >= 11 is 1.71. The van der Waals surface area contributed by atoms with Crippen molar-refractivity contribution in [3.05, 3.63) is 65.1 Å². The molecular formula is C18H18N2OS. The van der Waals surface area contributed by atoms with Crippen LogP contribution in [0.3, 0.4) is 0 Å². The first kappa shape index (κ1) is 13.7. The predicted octanol–water partition coefficient (Wildman–Crippen LogP) is 4.57. The van der Waals surface area contributed by atoms with Crippen molar-refractivity contribution in [2.45, 2.75) is 31.8 Å². The Morgan fingerprint density at radius 2 is 2.14 bits per heavy atom. The number of aryl methyl sites for hydroxylation is 1. The van der Waals surface area contributed by atoms with Gasteiger partial charge in [-0.1, -0.05) is 30.3 Å². The Morgan fingerprint density at radius 3 is 3.05 bits per heavy atom. The zero-order valence-electron chi connectivity index (χ0n) is 12.3. The zero-order valence-corrected chi connectivity index (χ0v) is 13.1. The van der Waals surface area contributed by atoms with Gasteiger partial charge in [-0.05, 0) is 18.9 Å². The van der Waals surface area contributed by atoms with Crippen LogP contribution in [0.1, 0.15) is 35.9 Å². The zero-order chi connectivity index (χ0) is 14.8. The molecule has 1 unspecified atom stereocenters. The quantitative estimate of drug-likeness (QED) is 0.767. The van der Waals surface area contributed by atoms with Crippen molar-refractivity contribution < 1.29 is 4.42 Å². The number of aromatic nitrogens is 1. The highest BCUT2D eigenvalue weighted by atomic mass is 32.1. The lowest BCUT2D eigenvalue weighted by Gasteiger charge is -2.22. The van der Waals surface area contributed by atoms with Crippen LogP contribution in [-0.4, -0.2) is 4.98 Å². The summed E-state index contributed by atoms with van der Waals surface area (Å²) in [5.41, 5.74) is 3.62. The van der Waals surface area contributed by atoms with Crippen LogP contribution >= 0.6 is 11.3 Å². The Bertz CT molecular complexity index is 747. The Labute approximate surface area is 134 Å². The maximum Gasteiger partial charge on any atom is 0.123 e. The highest BCUT2D eigenvalue weighted by Crippen LogP contribution is 2.31. The largest absolute Gasteiger partial charge is 0.469 e. The number of thiazole rings is 1. The molecule has 3 aromatic rings. The molecule has 0 aliphatic heterocycles. The molecule has 0 amide bonds. The van der Waals surface area contributed by atoms with Crippen molar-refractivity contribution in [2.24, 2.45) is 0 Å². The second-order valence-corrected chi connectivity index (χ2v) is 6.49. The monoisotopic (exact) mass is 310 g/mol. The van der Waals surface area contributed by atoms with Crippen LogP contribution in [0, 0.1) is 0 Å². The molecule has 1 N–H and O–H groups in total. The van der Waals surface area contributed by atoms with Crippen LogP contribution in [0.25, 0.3) is 10.6 Å². The molecule has 0 radical (unpaired) electrons. The van der Waals surface area contributed by atoms with E-state index in [1.54, 1.807) is 17.6 Å². The third-order valence-corrected chi connectivity index (χ3v) is 5.09. The van der Waals surface area contributed by atoms with Gasteiger partial charge in [-0.2, -0.15) is 0 Å². The van der Waals surface area contributed by atoms with Gasteiger partial charge in [-0.25, -0.2) is 4.98 Å². The van der Waals surface area contributed by atoms with Gasteiger partial charge in [0, 0.05) is 35.5 Å². The van der Waals surface area contributed by atoms with E-state index in [4.69, 9.17) is 9.40 Å². The number of hydrogen-bond acceptors (Lipinski definition) is 4. The summed E-state index contributed by atoms with van der Waals surface area (Å²) in [4.78, 5) is 4.74. The smallest absolute Gasteiger partial charge is 0.123 e. The summed E-state index contributed by atoms with van der Waals surface area (Å²) in [5, 5.41) is 6.86. The molecule has 0 bridgehead atoms. The molecule has 22 heavy (non-hydrogen) atoms. The van der Waals surface area contributed by atoms with Crippen molar-refractivity contribution in [3.63, 3.8) is 0 Å². The molecule has 1 aliphatic carbocycles. The summed E-state index contributed by atoms with van der Waals surface area (Å²) in [7, 11) is 0. The minimum Gasteiger partial charge on any atom is -0.469 e. The van der Waals surface area contributed by atoms with E-state index in [1.165, 1.54) is 24.0 Å². The lowest BCUT2D eigenvalue weighted by molar-refractivity contribution is 0.410. The molecule has 1 aliphatic rings. The summed E-state index contributed by atoms with van der Waals surface area (Å²) in [6, 6.07) is 12.8. The van der Waals surface area contributed by atoms with Gasteiger partial charge in [0.15, 0.2) is 0 Å². The van der Waals surface area contributed by atoms with Crippen molar-refractivity contribution in [1.29, 1.82) is 0 Å². The van der Waals surface area contributed by atoms with E-state index in [1.807, 2.05) is 6.07 Å². The van der Waals surface area contributed by atoms with Crippen LogP contribution in [0.15, 0.2) is 52.5 Å². The lowest BCUT2D eigenvalue weighted by atomic mass is 9.93. The average Bonchev–Trinajstić information content (AvgIpc) is 3.23. The normalized spacial score (nSPS) is 17.4. The standard InChI is InChI=1S/C18H18N2OS/c1-2-5-13(6-3-1)18-20-14(12-22-18)11-19-16-7-4-8-17-15(16)9-10-21-17/h1-3,5-6,9-10,12,16,19H,4,7-8,11H2. The van der Waals surface area contributed by atoms with Gasteiger partial charge in [0.05, 0.1) is 12.0 Å². The van der Waals surface area contributed by atoms with Gasteiger partial charge >= 0.3 is 0 Å². The summed E-state index contributed by atoms with van der Waals surface area (Å²) < 4.78 is 5.55. The first-order valence-electron chi connectivity index (χ1n) is 7.69. The van der Waals surface area contributed by atoms with Crippen LogP contribution in [-0.2, 0) is 13.0 Å². The molecule has 1 atom stereocenters. The number of benzene rings is 1. The van der Waals surface area contributed by atoms with Gasteiger partial charge in [0.25, 0.3) is 0 Å². The molecule has 3 nitrogen and oxygen atoms in total. The SMILES string of the molecule is c1ccc(-c2nc(CNC3CCCc4occc43)cs2)cc1. The molecule has 0 fully saturated rings. The predicted molar refractivity (Wildman–Crippen MR) is 88.8 cm³/mol. The maximum absolute atomic E-state index is 5.55. The molecule has 4 heteroatoms. The summed E-state index contributed by atoms with van der Waals surface area (Å²) in [6.45, 7) is 0.804. The highest BCUT2D eigenvalue weighted by Gasteiger charge is 2.22. The Hall–Kier alpha value is -1.91. The van der Waals surface area contributed by atoms with E-state index in [2.05, 4.69) is 41.0 Å². The van der Waals surface area contributed by atoms with Crippen LogP contribution in [0.4, 0.5) is 0 Å². The maximum atomic E-state index is 5.55. The Kier molecular flexibility index (Phi) is 3.79. The van der Waals surface area contributed by atoms with Crippen molar-refractivity contribution in [2.75, 3.05) is 0 Å². The van der Waals surface area contributed by atoms with Gasteiger partial charge in [0.2, 0.25) is 0 Å². The third kappa shape index (κ3) is 2.72. The van der Waals surface area contributed by atoms with Crippen LogP contribution < -0.4 is 5.32 Å². The van der Waals surface area contributed by atoms with E-state index < -0.39 is 0 Å². The van der Waals surface area contributed by atoms with E-state index in [9.17, 15) is 0 Å². The van der Waals surface area contributed by atoms with Crippen molar-refractivity contribution >= 4 is 11.3 Å². The fourth-order valence-corrected chi connectivity index (χ4v) is 3.85. The van der Waals surface area contributed by atoms with E-state index in [0.717, 1.165) is 29.4 Å².